The monoisotopic (exact) mass is 328 g/mol. The average molecular weight is 328 g/mol. The second-order valence-corrected chi connectivity index (χ2v) is 5.09. The summed E-state index contributed by atoms with van der Waals surface area (Å²) >= 11 is 0. The van der Waals surface area contributed by atoms with Crippen LogP contribution in [0.25, 0.3) is 11.3 Å². The van der Waals surface area contributed by atoms with E-state index in [-0.39, 0.29) is 12.3 Å². The molecule has 0 aliphatic heterocycles. The summed E-state index contributed by atoms with van der Waals surface area (Å²) in [6.45, 7) is 2.60. The van der Waals surface area contributed by atoms with Crippen LogP contribution in [0.4, 0.5) is 0 Å². The third-order valence-corrected chi connectivity index (χ3v) is 3.33. The summed E-state index contributed by atoms with van der Waals surface area (Å²) in [5.41, 5.74) is 1.33. The van der Waals surface area contributed by atoms with Crippen LogP contribution in [0.3, 0.4) is 0 Å². The van der Waals surface area contributed by atoms with E-state index in [9.17, 15) is 4.79 Å². The summed E-state index contributed by atoms with van der Waals surface area (Å²) < 4.78 is 10.7. The summed E-state index contributed by atoms with van der Waals surface area (Å²) in [7, 11) is 0. The van der Waals surface area contributed by atoms with Crippen LogP contribution < -0.4 is 4.74 Å². The Bertz CT molecular complexity index is 706. The number of hydrogen-bond acceptors (Lipinski definition) is 6. The first-order valence-electron chi connectivity index (χ1n) is 7.94. The van der Waals surface area contributed by atoms with Crippen molar-refractivity contribution < 1.29 is 14.3 Å². The average Bonchev–Trinajstić information content (AvgIpc) is 3.08. The molecule has 0 saturated heterocycles. The zero-order chi connectivity index (χ0) is 17.2. The van der Waals surface area contributed by atoms with E-state index < -0.39 is 5.97 Å². The van der Waals surface area contributed by atoms with E-state index in [0.717, 1.165) is 24.8 Å². The van der Waals surface area contributed by atoms with Gasteiger partial charge in [0.1, 0.15) is 11.4 Å². The van der Waals surface area contributed by atoms with E-state index in [2.05, 4.69) is 21.5 Å². The number of hydrogen-bond donors (Lipinski definition) is 1. The van der Waals surface area contributed by atoms with Crippen molar-refractivity contribution in [2.75, 3.05) is 13.2 Å². The van der Waals surface area contributed by atoms with E-state index in [0.29, 0.717) is 24.5 Å². The molecule has 0 bridgehead atoms. The van der Waals surface area contributed by atoms with Crippen LogP contribution in [0.2, 0.25) is 0 Å². The largest absolute Gasteiger partial charge is 0.494 e. The van der Waals surface area contributed by atoms with Crippen molar-refractivity contribution in [2.45, 2.75) is 32.6 Å². The van der Waals surface area contributed by atoms with Gasteiger partial charge in [0.25, 0.3) is 0 Å². The number of nitrogens with zero attached hydrogens (tertiary/aromatic N) is 3. The third-order valence-electron chi connectivity index (χ3n) is 3.33. The number of nitriles is 1. The first kappa shape index (κ1) is 17.5. The summed E-state index contributed by atoms with van der Waals surface area (Å²) in [5.74, 6) is 0.190. The van der Waals surface area contributed by atoms with Crippen LogP contribution in [0.5, 0.6) is 5.75 Å². The zero-order valence-electron chi connectivity index (χ0n) is 13.6. The van der Waals surface area contributed by atoms with Gasteiger partial charge in [-0.1, -0.05) is 12.1 Å². The molecule has 0 spiro atoms. The van der Waals surface area contributed by atoms with E-state index >= 15 is 0 Å². The van der Waals surface area contributed by atoms with Gasteiger partial charge in [-0.3, -0.25) is 0 Å². The molecule has 2 aromatic rings. The maximum atomic E-state index is 11.9. The van der Waals surface area contributed by atoms with Crippen molar-refractivity contribution in [3.05, 3.63) is 30.0 Å². The Morgan fingerprint density at radius 2 is 2.17 bits per heavy atom. The molecule has 1 N–H and O–H groups in total. The number of esters is 1. The van der Waals surface area contributed by atoms with Gasteiger partial charge in [-0.05, 0) is 38.3 Å². The highest BCUT2D eigenvalue weighted by molar-refractivity contribution is 5.93. The van der Waals surface area contributed by atoms with Crippen LogP contribution in [-0.2, 0) is 4.74 Å². The molecule has 126 valence electrons. The Morgan fingerprint density at radius 1 is 1.29 bits per heavy atom. The van der Waals surface area contributed by atoms with Gasteiger partial charge in [-0.25, -0.2) is 4.79 Å². The predicted octanol–water partition coefficient (Wildman–Crippen LogP) is 3.11. The lowest BCUT2D eigenvalue weighted by Crippen LogP contribution is -2.06. The molecule has 0 radical (unpaired) electrons. The SMILES string of the molecule is CCOC(=O)c1n[nH]nc1-c1cccc(OCCCCCC#N)c1. The molecule has 0 atom stereocenters. The molecule has 1 aromatic carbocycles. The summed E-state index contributed by atoms with van der Waals surface area (Å²) in [4.78, 5) is 11.9. The van der Waals surface area contributed by atoms with Gasteiger partial charge in [-0.2, -0.15) is 15.6 Å². The minimum absolute atomic E-state index is 0.158. The quantitative estimate of drug-likeness (QED) is 0.560. The highest BCUT2D eigenvalue weighted by Gasteiger charge is 2.19. The minimum Gasteiger partial charge on any atom is -0.494 e. The molecule has 0 aliphatic rings. The highest BCUT2D eigenvalue weighted by Crippen LogP contribution is 2.24. The Hall–Kier alpha value is -2.88. The first-order valence-corrected chi connectivity index (χ1v) is 7.94. The van der Waals surface area contributed by atoms with Crippen molar-refractivity contribution >= 4 is 5.97 Å². The van der Waals surface area contributed by atoms with E-state index in [1.165, 1.54) is 0 Å². The van der Waals surface area contributed by atoms with Crippen molar-refractivity contribution in [2.24, 2.45) is 0 Å². The van der Waals surface area contributed by atoms with Crippen LogP contribution in [0.15, 0.2) is 24.3 Å². The molecule has 0 fully saturated rings. The number of carbonyl (C=O) groups excluding carboxylic acids is 1. The molecule has 0 unspecified atom stereocenters. The lowest BCUT2D eigenvalue weighted by Gasteiger charge is -2.07. The number of ether oxygens (including phenoxy) is 2. The van der Waals surface area contributed by atoms with Crippen molar-refractivity contribution in [1.82, 2.24) is 15.4 Å². The molecule has 1 aromatic heterocycles. The maximum Gasteiger partial charge on any atom is 0.361 e. The number of rotatable bonds is 9. The molecule has 2 rings (SSSR count). The van der Waals surface area contributed by atoms with Gasteiger partial charge in [0.15, 0.2) is 5.69 Å². The molecule has 0 amide bonds. The molecule has 0 saturated carbocycles. The van der Waals surface area contributed by atoms with Crippen LogP contribution in [-0.4, -0.2) is 34.6 Å². The standard InChI is InChI=1S/C17H20N4O3/c1-2-23-17(22)16-15(19-21-20-16)13-8-7-9-14(12-13)24-11-6-4-3-5-10-18/h7-9,12H,2-6,11H2,1H3,(H,19,20,21). The number of carbonyl (C=O) groups is 1. The van der Waals surface area contributed by atoms with Gasteiger partial charge < -0.3 is 9.47 Å². The molecule has 1 heterocycles. The van der Waals surface area contributed by atoms with Gasteiger partial charge in [-0.15, -0.1) is 5.10 Å². The zero-order valence-corrected chi connectivity index (χ0v) is 13.6. The fraction of sp³-hybridized carbons (Fsp3) is 0.412. The number of nitrogens with one attached hydrogen (secondary N) is 1. The fourth-order valence-corrected chi connectivity index (χ4v) is 2.18. The van der Waals surface area contributed by atoms with Crippen LogP contribution >= 0.6 is 0 Å². The van der Waals surface area contributed by atoms with E-state index in [4.69, 9.17) is 14.7 Å². The molecule has 7 heteroatoms. The number of unbranched alkanes of at least 4 members (excludes halogenated alkanes) is 3. The molecule has 0 aliphatic carbocycles. The Balaban J connectivity index is 1.99. The van der Waals surface area contributed by atoms with Crippen LogP contribution in [0, 0.1) is 11.3 Å². The van der Waals surface area contributed by atoms with E-state index in [1.54, 1.807) is 6.92 Å². The van der Waals surface area contributed by atoms with Crippen molar-refractivity contribution in [3.63, 3.8) is 0 Å². The van der Waals surface area contributed by atoms with Crippen LogP contribution in [0.1, 0.15) is 43.1 Å². The third kappa shape index (κ3) is 4.81. The van der Waals surface area contributed by atoms with Gasteiger partial charge >= 0.3 is 5.97 Å². The lowest BCUT2D eigenvalue weighted by molar-refractivity contribution is 0.0520. The van der Waals surface area contributed by atoms with Crippen molar-refractivity contribution in [1.29, 1.82) is 5.26 Å². The Kier molecular flexibility index (Phi) is 6.77. The van der Waals surface area contributed by atoms with Gasteiger partial charge in [0.05, 0.1) is 19.3 Å². The fourth-order valence-electron chi connectivity index (χ4n) is 2.18. The second-order valence-electron chi connectivity index (χ2n) is 5.09. The van der Waals surface area contributed by atoms with E-state index in [1.807, 2.05) is 24.3 Å². The number of aromatic nitrogens is 3. The predicted molar refractivity (Wildman–Crippen MR) is 87.4 cm³/mol. The summed E-state index contributed by atoms with van der Waals surface area (Å²) in [6.07, 6.45) is 3.33. The maximum absolute atomic E-state index is 11.9. The first-order chi connectivity index (χ1) is 11.8. The molecule has 7 nitrogen and oxygen atoms in total. The van der Waals surface area contributed by atoms with Gasteiger partial charge in [0, 0.05) is 12.0 Å². The highest BCUT2D eigenvalue weighted by atomic mass is 16.5. The number of aromatic amines is 1. The smallest absolute Gasteiger partial charge is 0.361 e. The normalized spacial score (nSPS) is 10.2. The number of H-pyrrole nitrogens is 1. The molecule has 24 heavy (non-hydrogen) atoms. The van der Waals surface area contributed by atoms with Crippen molar-refractivity contribution in [3.8, 4) is 23.1 Å². The number of benzene rings is 1. The topological polar surface area (TPSA) is 101 Å². The van der Waals surface area contributed by atoms with Gasteiger partial charge in [0.2, 0.25) is 0 Å². The Labute approximate surface area is 140 Å². The minimum atomic E-state index is -0.509. The molecular formula is C17H20N4O3. The summed E-state index contributed by atoms with van der Waals surface area (Å²) in [5, 5.41) is 18.9. The Morgan fingerprint density at radius 3 is 2.96 bits per heavy atom. The molecular weight excluding hydrogens is 308 g/mol. The lowest BCUT2D eigenvalue weighted by atomic mass is 10.1. The summed E-state index contributed by atoms with van der Waals surface area (Å²) in [6, 6.07) is 9.46. The second kappa shape index (κ2) is 9.30.